The number of fused-ring (bicyclic) bond motifs is 1. The van der Waals surface area contributed by atoms with Gasteiger partial charge in [-0.1, -0.05) is 41.9 Å². The van der Waals surface area contributed by atoms with Crippen molar-refractivity contribution in [2.24, 2.45) is 0 Å². The second kappa shape index (κ2) is 6.82. The van der Waals surface area contributed by atoms with Crippen LogP contribution in [0.4, 0.5) is 0 Å². The summed E-state index contributed by atoms with van der Waals surface area (Å²) in [7, 11) is 0. The van der Waals surface area contributed by atoms with Crippen LogP contribution < -0.4 is 5.56 Å². The minimum Gasteiger partial charge on any atom is -0.280 e. The van der Waals surface area contributed by atoms with Gasteiger partial charge in [0.15, 0.2) is 0 Å². The van der Waals surface area contributed by atoms with Crippen molar-refractivity contribution >= 4 is 11.6 Å². The van der Waals surface area contributed by atoms with Crippen molar-refractivity contribution in [3.05, 3.63) is 86.8 Å². The maximum absolute atomic E-state index is 13.2. The van der Waals surface area contributed by atoms with Gasteiger partial charge in [0.1, 0.15) is 11.6 Å². The molecule has 0 radical (unpaired) electrons. The van der Waals surface area contributed by atoms with E-state index >= 15 is 0 Å². The Morgan fingerprint density at radius 1 is 0.962 bits per heavy atom. The number of aromatic nitrogens is 1. The summed E-state index contributed by atoms with van der Waals surface area (Å²) in [5.74, 6) is 0. The van der Waals surface area contributed by atoms with E-state index in [-0.39, 0.29) is 11.1 Å². The highest BCUT2D eigenvalue weighted by Gasteiger charge is 2.25. The molecule has 0 unspecified atom stereocenters. The van der Waals surface area contributed by atoms with Gasteiger partial charge in [-0.25, -0.2) is 0 Å². The smallest absolute Gasteiger partial charge is 0.273 e. The number of rotatable bonds is 2. The van der Waals surface area contributed by atoms with Gasteiger partial charge in [0, 0.05) is 22.0 Å². The Bertz CT molecular complexity index is 1060. The van der Waals surface area contributed by atoms with Crippen LogP contribution in [0.2, 0.25) is 5.02 Å². The SMILES string of the molecule is N#Cc1c(-c2ccc(Cl)cc2)c2c(n(-c3ccccc3)c1=O)CCCC2. The van der Waals surface area contributed by atoms with Crippen molar-refractivity contribution in [1.29, 1.82) is 5.26 Å². The van der Waals surface area contributed by atoms with Gasteiger partial charge in [0.05, 0.1) is 0 Å². The second-order valence-electron chi connectivity index (χ2n) is 6.48. The Morgan fingerprint density at radius 2 is 1.65 bits per heavy atom. The molecule has 4 rings (SSSR count). The highest BCUT2D eigenvalue weighted by atomic mass is 35.5. The van der Waals surface area contributed by atoms with Gasteiger partial charge >= 0.3 is 0 Å². The summed E-state index contributed by atoms with van der Waals surface area (Å²) in [6.45, 7) is 0. The Kier molecular flexibility index (Phi) is 4.36. The van der Waals surface area contributed by atoms with Gasteiger partial charge in [0.2, 0.25) is 0 Å². The maximum atomic E-state index is 13.2. The number of hydrogen-bond donors (Lipinski definition) is 0. The van der Waals surface area contributed by atoms with Gasteiger partial charge in [-0.15, -0.1) is 0 Å². The van der Waals surface area contributed by atoms with Crippen LogP contribution >= 0.6 is 11.6 Å². The molecule has 1 heterocycles. The molecular formula is C22H17ClN2O. The second-order valence-corrected chi connectivity index (χ2v) is 6.91. The van der Waals surface area contributed by atoms with E-state index in [4.69, 9.17) is 11.6 Å². The lowest BCUT2D eigenvalue weighted by Gasteiger charge is -2.25. The molecule has 26 heavy (non-hydrogen) atoms. The summed E-state index contributed by atoms with van der Waals surface area (Å²) in [5.41, 5.74) is 4.56. The molecule has 0 saturated heterocycles. The van der Waals surface area contributed by atoms with E-state index in [1.54, 1.807) is 16.7 Å². The third kappa shape index (κ3) is 2.73. The third-order valence-electron chi connectivity index (χ3n) is 4.94. The summed E-state index contributed by atoms with van der Waals surface area (Å²) >= 11 is 6.02. The number of pyridine rings is 1. The quantitative estimate of drug-likeness (QED) is 0.652. The van der Waals surface area contributed by atoms with Gasteiger partial charge in [0.25, 0.3) is 5.56 Å². The number of para-hydroxylation sites is 1. The molecule has 0 bridgehead atoms. The highest BCUT2D eigenvalue weighted by Crippen LogP contribution is 2.34. The number of benzene rings is 2. The van der Waals surface area contributed by atoms with Crippen LogP contribution in [0.3, 0.4) is 0 Å². The summed E-state index contributed by atoms with van der Waals surface area (Å²) in [5, 5.41) is 10.4. The molecular weight excluding hydrogens is 344 g/mol. The van der Waals surface area contributed by atoms with Gasteiger partial charge in [-0.2, -0.15) is 5.26 Å². The lowest BCUT2D eigenvalue weighted by atomic mass is 9.86. The summed E-state index contributed by atoms with van der Waals surface area (Å²) in [6, 6.07) is 19.1. The number of hydrogen-bond acceptors (Lipinski definition) is 2. The average molecular weight is 361 g/mol. The molecule has 0 saturated carbocycles. The van der Waals surface area contributed by atoms with E-state index in [0.717, 1.165) is 53.8 Å². The first-order chi connectivity index (χ1) is 12.7. The molecule has 4 heteroatoms. The Morgan fingerprint density at radius 3 is 2.35 bits per heavy atom. The van der Waals surface area contributed by atoms with Crippen molar-refractivity contribution in [1.82, 2.24) is 4.57 Å². The summed E-state index contributed by atoms with van der Waals surface area (Å²) < 4.78 is 1.73. The number of nitriles is 1. The Labute approximate surface area is 157 Å². The number of halogens is 1. The van der Waals surface area contributed by atoms with Crippen LogP contribution in [0.5, 0.6) is 0 Å². The molecule has 0 amide bonds. The Hall–Kier alpha value is -2.83. The standard InChI is InChI=1S/C22H17ClN2O/c23-16-12-10-15(11-13-16)21-18-8-4-5-9-20(18)25(22(26)19(21)14-24)17-6-2-1-3-7-17/h1-3,6-7,10-13H,4-5,8-9H2. The fraction of sp³-hybridized carbons (Fsp3) is 0.182. The van der Waals surface area contributed by atoms with Crippen molar-refractivity contribution in [3.8, 4) is 22.9 Å². The first-order valence-corrected chi connectivity index (χ1v) is 9.10. The molecule has 0 fully saturated rings. The fourth-order valence-electron chi connectivity index (χ4n) is 3.79. The summed E-state index contributed by atoms with van der Waals surface area (Å²) in [6.07, 6.45) is 3.82. The molecule has 0 spiro atoms. The molecule has 128 valence electrons. The van der Waals surface area contributed by atoms with E-state index < -0.39 is 0 Å². The van der Waals surface area contributed by atoms with Crippen LogP contribution in [-0.4, -0.2) is 4.57 Å². The van der Waals surface area contributed by atoms with E-state index in [0.29, 0.717) is 5.02 Å². The molecule has 3 nitrogen and oxygen atoms in total. The largest absolute Gasteiger partial charge is 0.280 e. The molecule has 1 aliphatic rings. The van der Waals surface area contributed by atoms with Crippen molar-refractivity contribution in [2.45, 2.75) is 25.7 Å². The van der Waals surface area contributed by atoms with Crippen LogP contribution in [0.15, 0.2) is 59.4 Å². The minimum absolute atomic E-state index is 0.205. The van der Waals surface area contributed by atoms with E-state index in [1.165, 1.54) is 0 Å². The normalized spacial score (nSPS) is 13.1. The van der Waals surface area contributed by atoms with Crippen molar-refractivity contribution < 1.29 is 0 Å². The zero-order valence-electron chi connectivity index (χ0n) is 14.2. The molecule has 0 aliphatic heterocycles. The lowest BCUT2D eigenvalue weighted by molar-refractivity contribution is 0.645. The zero-order valence-corrected chi connectivity index (χ0v) is 15.0. The monoisotopic (exact) mass is 360 g/mol. The van der Waals surface area contributed by atoms with Crippen LogP contribution in [-0.2, 0) is 12.8 Å². The fourth-order valence-corrected chi connectivity index (χ4v) is 3.91. The number of nitrogens with zero attached hydrogens (tertiary/aromatic N) is 2. The summed E-state index contributed by atoms with van der Waals surface area (Å²) in [4.78, 5) is 13.2. The third-order valence-corrected chi connectivity index (χ3v) is 5.19. The zero-order chi connectivity index (χ0) is 18.1. The van der Waals surface area contributed by atoms with Crippen molar-refractivity contribution in [2.75, 3.05) is 0 Å². The first kappa shape index (κ1) is 16.6. The van der Waals surface area contributed by atoms with Crippen LogP contribution in [0.25, 0.3) is 16.8 Å². The van der Waals surface area contributed by atoms with Crippen LogP contribution in [0, 0.1) is 11.3 Å². The molecule has 3 aromatic rings. The molecule has 2 aromatic carbocycles. The van der Waals surface area contributed by atoms with E-state index in [1.807, 2.05) is 42.5 Å². The maximum Gasteiger partial charge on any atom is 0.273 e. The highest BCUT2D eigenvalue weighted by molar-refractivity contribution is 6.30. The van der Waals surface area contributed by atoms with Crippen LogP contribution in [0.1, 0.15) is 29.7 Å². The van der Waals surface area contributed by atoms with E-state index in [9.17, 15) is 10.1 Å². The predicted molar refractivity (Wildman–Crippen MR) is 104 cm³/mol. The topological polar surface area (TPSA) is 45.8 Å². The average Bonchev–Trinajstić information content (AvgIpc) is 2.68. The Balaban J connectivity index is 2.09. The molecule has 1 aliphatic carbocycles. The van der Waals surface area contributed by atoms with Gasteiger partial charge in [-0.3, -0.25) is 9.36 Å². The minimum atomic E-state index is -0.246. The molecule has 0 atom stereocenters. The molecule has 1 aromatic heterocycles. The van der Waals surface area contributed by atoms with Gasteiger partial charge < -0.3 is 0 Å². The lowest BCUT2D eigenvalue weighted by Crippen LogP contribution is -2.29. The van der Waals surface area contributed by atoms with E-state index in [2.05, 4.69) is 6.07 Å². The van der Waals surface area contributed by atoms with Crippen molar-refractivity contribution in [3.63, 3.8) is 0 Å². The predicted octanol–water partition coefficient (Wildman–Crippen LogP) is 4.91. The molecule has 0 N–H and O–H groups in total. The van der Waals surface area contributed by atoms with Gasteiger partial charge in [-0.05, 0) is 61.1 Å². The first-order valence-electron chi connectivity index (χ1n) is 8.73.